The fourth-order valence-corrected chi connectivity index (χ4v) is 3.32. The third-order valence-corrected chi connectivity index (χ3v) is 5.18. The largest absolute Gasteiger partial charge is 0.461 e. The van der Waals surface area contributed by atoms with Crippen LogP contribution in [0.2, 0.25) is 5.02 Å². The number of para-hydroxylation sites is 1. The first kappa shape index (κ1) is 19.9. The van der Waals surface area contributed by atoms with Crippen molar-refractivity contribution in [3.05, 3.63) is 93.1 Å². The molecule has 0 saturated carbocycles. The van der Waals surface area contributed by atoms with Gasteiger partial charge in [0.25, 0.3) is 0 Å². The highest BCUT2D eigenvalue weighted by atomic mass is 35.5. The fraction of sp³-hybridized carbons (Fsp3) is 0.174. The van der Waals surface area contributed by atoms with Gasteiger partial charge >= 0.3 is 11.6 Å². The molecule has 152 valence electrons. The van der Waals surface area contributed by atoms with Crippen LogP contribution in [0.1, 0.15) is 23.1 Å². The molecular weight excluding hydrogens is 404 g/mol. The van der Waals surface area contributed by atoms with E-state index in [0.717, 1.165) is 16.8 Å². The summed E-state index contributed by atoms with van der Waals surface area (Å²) in [5, 5.41) is 5.53. The second-order valence-corrected chi connectivity index (χ2v) is 7.38. The summed E-state index contributed by atoms with van der Waals surface area (Å²) < 4.78 is 12.4. The molecular formula is C23H19ClN2O4. The van der Waals surface area contributed by atoms with Gasteiger partial charge in [0.15, 0.2) is 0 Å². The average Bonchev–Trinajstić information content (AvgIpc) is 3.21. The van der Waals surface area contributed by atoms with Gasteiger partial charge in [0.2, 0.25) is 0 Å². The third kappa shape index (κ3) is 4.44. The predicted octanol–water partition coefficient (Wildman–Crippen LogP) is 4.62. The molecule has 2 aromatic carbocycles. The van der Waals surface area contributed by atoms with E-state index in [1.165, 1.54) is 6.07 Å². The lowest BCUT2D eigenvalue weighted by atomic mass is 10.1. The monoisotopic (exact) mass is 422 g/mol. The van der Waals surface area contributed by atoms with Gasteiger partial charge in [-0.05, 0) is 48.7 Å². The molecule has 0 aliphatic rings. The summed E-state index contributed by atoms with van der Waals surface area (Å²) in [6.07, 6.45) is 4.34. The lowest BCUT2D eigenvalue weighted by Crippen LogP contribution is -2.08. The zero-order valence-electron chi connectivity index (χ0n) is 16.3. The van der Waals surface area contributed by atoms with Gasteiger partial charge in [-0.3, -0.25) is 4.79 Å². The molecule has 0 unspecified atom stereocenters. The number of carbonyl (C=O) groups excluding carboxylic acids is 1. The number of fused-ring (bicyclic) bond motifs is 1. The summed E-state index contributed by atoms with van der Waals surface area (Å²) in [7, 11) is 0. The van der Waals surface area contributed by atoms with Crippen LogP contribution in [0.5, 0.6) is 0 Å². The molecule has 0 spiro atoms. The first-order valence-corrected chi connectivity index (χ1v) is 9.85. The van der Waals surface area contributed by atoms with Crippen LogP contribution in [0.3, 0.4) is 0 Å². The molecule has 0 amide bonds. The van der Waals surface area contributed by atoms with Crippen LogP contribution in [0.25, 0.3) is 16.7 Å². The molecule has 4 aromatic rings. The van der Waals surface area contributed by atoms with Gasteiger partial charge in [-0.25, -0.2) is 9.48 Å². The van der Waals surface area contributed by atoms with Crippen molar-refractivity contribution in [2.24, 2.45) is 0 Å². The van der Waals surface area contributed by atoms with Crippen LogP contribution in [0.15, 0.2) is 70.1 Å². The smallest absolute Gasteiger partial charge is 0.336 e. The molecule has 0 N–H and O–H groups in total. The van der Waals surface area contributed by atoms with E-state index in [1.807, 2.05) is 43.5 Å². The number of benzene rings is 2. The number of esters is 1. The van der Waals surface area contributed by atoms with Crippen LogP contribution in [-0.2, 0) is 22.6 Å². The number of nitrogens with zero attached hydrogens (tertiary/aromatic N) is 2. The summed E-state index contributed by atoms with van der Waals surface area (Å²) in [5.41, 5.74) is 3.18. The van der Waals surface area contributed by atoms with Crippen molar-refractivity contribution in [3.63, 3.8) is 0 Å². The minimum Gasteiger partial charge on any atom is -0.461 e. The van der Waals surface area contributed by atoms with E-state index in [9.17, 15) is 9.59 Å². The maximum absolute atomic E-state index is 12.2. The second-order valence-electron chi connectivity index (χ2n) is 6.98. The molecule has 2 aromatic heterocycles. The minimum absolute atomic E-state index is 0.0242. The zero-order valence-corrected chi connectivity index (χ0v) is 17.1. The number of carbonyl (C=O) groups is 1. The van der Waals surface area contributed by atoms with Gasteiger partial charge in [0.1, 0.15) is 12.2 Å². The molecule has 0 aliphatic heterocycles. The third-order valence-electron chi connectivity index (χ3n) is 4.77. The zero-order chi connectivity index (χ0) is 21.1. The van der Waals surface area contributed by atoms with Crippen LogP contribution in [0.4, 0.5) is 0 Å². The van der Waals surface area contributed by atoms with E-state index < -0.39 is 5.63 Å². The number of rotatable bonds is 6. The van der Waals surface area contributed by atoms with Gasteiger partial charge in [0, 0.05) is 34.7 Å². The SMILES string of the molecule is Cc1cc2oc(=O)cc(COC(=O)CCc3cnn(-c4ccccc4)c3)c2cc1Cl. The number of aromatic nitrogens is 2. The Bertz CT molecular complexity index is 1260. The highest BCUT2D eigenvalue weighted by Gasteiger charge is 2.12. The summed E-state index contributed by atoms with van der Waals surface area (Å²) >= 11 is 6.19. The molecule has 0 fully saturated rings. The lowest BCUT2D eigenvalue weighted by Gasteiger charge is -2.08. The Kier molecular flexibility index (Phi) is 5.68. The highest BCUT2D eigenvalue weighted by molar-refractivity contribution is 6.32. The number of ether oxygens (including phenoxy) is 1. The van der Waals surface area contributed by atoms with E-state index in [1.54, 1.807) is 23.0 Å². The Morgan fingerprint density at radius 1 is 1.20 bits per heavy atom. The molecule has 30 heavy (non-hydrogen) atoms. The summed E-state index contributed by atoms with van der Waals surface area (Å²) in [4.78, 5) is 24.1. The van der Waals surface area contributed by atoms with Crippen molar-refractivity contribution in [2.75, 3.05) is 0 Å². The van der Waals surface area contributed by atoms with E-state index in [2.05, 4.69) is 5.10 Å². The summed E-state index contributed by atoms with van der Waals surface area (Å²) in [6.45, 7) is 1.80. The van der Waals surface area contributed by atoms with Gasteiger partial charge in [0.05, 0.1) is 11.9 Å². The number of halogens is 1. The average molecular weight is 423 g/mol. The number of hydrogen-bond donors (Lipinski definition) is 0. The Labute approximate surface area is 177 Å². The molecule has 4 rings (SSSR count). The Balaban J connectivity index is 1.39. The van der Waals surface area contributed by atoms with Crippen LogP contribution in [0, 0.1) is 6.92 Å². The predicted molar refractivity (Wildman–Crippen MR) is 114 cm³/mol. The van der Waals surface area contributed by atoms with Crippen molar-refractivity contribution in [1.29, 1.82) is 0 Å². The van der Waals surface area contributed by atoms with Crippen LogP contribution in [-0.4, -0.2) is 15.7 Å². The molecule has 0 atom stereocenters. The van der Waals surface area contributed by atoms with Gasteiger partial charge < -0.3 is 9.15 Å². The first-order valence-electron chi connectivity index (χ1n) is 9.47. The quantitative estimate of drug-likeness (QED) is 0.335. The van der Waals surface area contributed by atoms with E-state index in [4.69, 9.17) is 20.8 Å². The summed E-state index contributed by atoms with van der Waals surface area (Å²) in [6, 6.07) is 14.5. The van der Waals surface area contributed by atoms with Crippen molar-refractivity contribution in [1.82, 2.24) is 9.78 Å². The van der Waals surface area contributed by atoms with Crippen molar-refractivity contribution < 1.29 is 13.9 Å². The topological polar surface area (TPSA) is 74.3 Å². The molecule has 0 aliphatic carbocycles. The molecule has 7 heteroatoms. The highest BCUT2D eigenvalue weighted by Crippen LogP contribution is 2.25. The fourth-order valence-electron chi connectivity index (χ4n) is 3.16. The van der Waals surface area contributed by atoms with Crippen LogP contribution >= 0.6 is 11.6 Å². The maximum Gasteiger partial charge on any atom is 0.336 e. The van der Waals surface area contributed by atoms with Gasteiger partial charge in [-0.2, -0.15) is 5.10 Å². The van der Waals surface area contributed by atoms with Gasteiger partial charge in [-0.1, -0.05) is 29.8 Å². The minimum atomic E-state index is -0.497. The van der Waals surface area contributed by atoms with Gasteiger partial charge in [-0.15, -0.1) is 0 Å². The second kappa shape index (κ2) is 8.55. The molecule has 0 bridgehead atoms. The molecule has 2 heterocycles. The number of hydrogen-bond acceptors (Lipinski definition) is 5. The molecule has 0 saturated heterocycles. The number of aryl methyl sites for hydroxylation is 2. The van der Waals surface area contributed by atoms with E-state index in [0.29, 0.717) is 28.0 Å². The van der Waals surface area contributed by atoms with Crippen molar-refractivity contribution in [3.8, 4) is 5.69 Å². The lowest BCUT2D eigenvalue weighted by molar-refractivity contribution is -0.144. The van der Waals surface area contributed by atoms with Crippen molar-refractivity contribution >= 4 is 28.5 Å². The molecule has 6 nitrogen and oxygen atoms in total. The Hall–Kier alpha value is -3.38. The Morgan fingerprint density at radius 2 is 2.00 bits per heavy atom. The Morgan fingerprint density at radius 3 is 2.80 bits per heavy atom. The maximum atomic E-state index is 12.2. The van der Waals surface area contributed by atoms with E-state index >= 15 is 0 Å². The summed E-state index contributed by atoms with van der Waals surface area (Å²) in [5.74, 6) is -0.359. The standard InChI is InChI=1S/C23H19ClN2O4/c1-15-9-21-19(11-20(15)24)17(10-23(28)30-21)14-29-22(27)8-7-16-12-25-26(13-16)18-5-3-2-4-6-18/h2-6,9-13H,7-8,14H2,1H3. The van der Waals surface area contributed by atoms with Crippen LogP contribution < -0.4 is 5.63 Å². The molecule has 0 radical (unpaired) electrons. The van der Waals surface area contributed by atoms with Crippen molar-refractivity contribution in [2.45, 2.75) is 26.4 Å². The first-order chi connectivity index (χ1) is 14.5. The normalized spacial score (nSPS) is 11.0. The van der Waals surface area contributed by atoms with E-state index in [-0.39, 0.29) is 19.0 Å².